The third kappa shape index (κ3) is 17.5. The van der Waals surface area contributed by atoms with Crippen LogP contribution in [0.5, 0.6) is 0 Å². The molecule has 2 heteroatoms. The van der Waals surface area contributed by atoms with Crippen LogP contribution < -0.4 is 0 Å². The molecule has 20 heavy (non-hydrogen) atoms. The van der Waals surface area contributed by atoms with Crippen LogP contribution in [0.25, 0.3) is 0 Å². The summed E-state index contributed by atoms with van der Waals surface area (Å²) in [5.41, 5.74) is 0. The molecule has 0 saturated heterocycles. The Morgan fingerprint density at radius 3 is 1.45 bits per heavy atom. The van der Waals surface area contributed by atoms with E-state index in [1.165, 1.54) is 101 Å². The fraction of sp³-hybridized carbons (Fsp3) is 1.00. The molecule has 0 aromatic rings. The van der Waals surface area contributed by atoms with Crippen molar-refractivity contribution in [1.82, 2.24) is 0 Å². The highest BCUT2D eigenvalue weighted by atomic mass is 127. The molecule has 0 fully saturated rings. The summed E-state index contributed by atoms with van der Waals surface area (Å²) in [6, 6.07) is 0. The van der Waals surface area contributed by atoms with Crippen molar-refractivity contribution >= 4 is 45.2 Å². The van der Waals surface area contributed by atoms with E-state index in [4.69, 9.17) is 0 Å². The Kier molecular flexibility index (Phi) is 19.9. The second-order valence-corrected chi connectivity index (χ2v) is 8.95. The lowest BCUT2D eigenvalue weighted by molar-refractivity contribution is 0.540. The zero-order chi connectivity index (χ0) is 14.9. The van der Waals surface area contributed by atoms with Crippen molar-refractivity contribution in [3.05, 3.63) is 0 Å². The average molecular weight is 506 g/mol. The Hall–Kier alpha value is 1.46. The van der Waals surface area contributed by atoms with E-state index in [1.54, 1.807) is 0 Å². The van der Waals surface area contributed by atoms with Crippen LogP contribution in [0.2, 0.25) is 0 Å². The van der Waals surface area contributed by atoms with Gasteiger partial charge in [0.2, 0.25) is 0 Å². The van der Waals surface area contributed by atoms with Crippen LogP contribution in [-0.4, -0.2) is 8.35 Å². The summed E-state index contributed by atoms with van der Waals surface area (Å²) in [5, 5.41) is 0. The third-order valence-corrected chi connectivity index (χ3v) is 6.03. The van der Waals surface area contributed by atoms with Gasteiger partial charge >= 0.3 is 0 Å². The largest absolute Gasteiger partial charge is 0.0864 e. The smallest absolute Gasteiger partial charge is 0.0110 e. The molecule has 1 unspecified atom stereocenters. The molecule has 0 nitrogen and oxygen atoms in total. The van der Waals surface area contributed by atoms with Gasteiger partial charge in [-0.2, -0.15) is 0 Å². The topological polar surface area (TPSA) is 0 Å². The number of alkyl halides is 2. The minimum Gasteiger partial charge on any atom is -0.0864 e. The highest BCUT2D eigenvalue weighted by molar-refractivity contribution is 14.1. The summed E-state index contributed by atoms with van der Waals surface area (Å²) in [6.45, 7) is 2.30. The van der Waals surface area contributed by atoms with Gasteiger partial charge in [0, 0.05) is 3.92 Å². The van der Waals surface area contributed by atoms with E-state index in [2.05, 4.69) is 52.1 Å². The first kappa shape index (κ1) is 21.5. The summed E-state index contributed by atoms with van der Waals surface area (Å²) in [4.78, 5) is 0. The Labute approximate surface area is 155 Å². The predicted octanol–water partition coefficient (Wildman–Crippen LogP) is 8.10. The van der Waals surface area contributed by atoms with Gasteiger partial charge in [-0.05, 0) is 23.7 Å². The minimum atomic E-state index is 0.941. The van der Waals surface area contributed by atoms with Gasteiger partial charge in [0.15, 0.2) is 0 Å². The van der Waals surface area contributed by atoms with E-state index < -0.39 is 0 Å². The maximum absolute atomic E-state index is 2.68. The molecule has 0 amide bonds. The van der Waals surface area contributed by atoms with Crippen LogP contribution >= 0.6 is 45.2 Å². The van der Waals surface area contributed by atoms with Gasteiger partial charge in [0.05, 0.1) is 0 Å². The van der Waals surface area contributed by atoms with Gasteiger partial charge in [-0.1, -0.05) is 129 Å². The van der Waals surface area contributed by atoms with Crippen molar-refractivity contribution in [2.24, 2.45) is 0 Å². The van der Waals surface area contributed by atoms with E-state index in [1.807, 2.05) is 0 Å². The van der Waals surface area contributed by atoms with Crippen LogP contribution in [0.15, 0.2) is 0 Å². The Bertz CT molecular complexity index is 171. The Morgan fingerprint density at radius 2 is 1.00 bits per heavy atom. The summed E-state index contributed by atoms with van der Waals surface area (Å²) in [6.07, 6.45) is 21.8. The molecule has 0 rings (SSSR count). The van der Waals surface area contributed by atoms with Crippen molar-refractivity contribution in [1.29, 1.82) is 0 Å². The quantitative estimate of drug-likeness (QED) is 0.113. The third-order valence-electron chi connectivity index (χ3n) is 4.02. The highest BCUT2D eigenvalue weighted by Crippen LogP contribution is 2.19. The molecule has 0 radical (unpaired) electrons. The summed E-state index contributed by atoms with van der Waals surface area (Å²) >= 11 is 5.17. The first-order valence-electron chi connectivity index (χ1n) is 9.01. The standard InChI is InChI=1S/C18H36I2/c1-2-3-4-5-6-7-8-9-10-12-15-18(20)16-13-11-14-17-19/h18H,2-17H2,1H3. The van der Waals surface area contributed by atoms with Crippen molar-refractivity contribution in [3.63, 3.8) is 0 Å². The van der Waals surface area contributed by atoms with E-state index in [-0.39, 0.29) is 0 Å². The maximum atomic E-state index is 2.68. The van der Waals surface area contributed by atoms with Crippen molar-refractivity contribution in [2.45, 2.75) is 107 Å². The molecule has 0 bridgehead atoms. The van der Waals surface area contributed by atoms with Crippen molar-refractivity contribution in [3.8, 4) is 0 Å². The molecule has 0 heterocycles. The monoisotopic (exact) mass is 506 g/mol. The van der Waals surface area contributed by atoms with E-state index in [9.17, 15) is 0 Å². The molecule has 0 spiro atoms. The Balaban J connectivity index is 3.07. The van der Waals surface area contributed by atoms with E-state index in [0.29, 0.717) is 0 Å². The number of hydrogen-bond acceptors (Lipinski definition) is 0. The van der Waals surface area contributed by atoms with Crippen LogP contribution in [0.1, 0.15) is 103 Å². The number of hydrogen-bond donors (Lipinski definition) is 0. The van der Waals surface area contributed by atoms with Crippen molar-refractivity contribution < 1.29 is 0 Å². The predicted molar refractivity (Wildman–Crippen MR) is 112 cm³/mol. The lowest BCUT2D eigenvalue weighted by atomic mass is 10.0. The summed E-state index contributed by atoms with van der Waals surface area (Å²) in [5.74, 6) is 0. The lowest BCUT2D eigenvalue weighted by Crippen LogP contribution is -1.97. The van der Waals surface area contributed by atoms with Gasteiger partial charge in [-0.15, -0.1) is 0 Å². The SMILES string of the molecule is CCCCCCCCCCCCC(I)CCCCCI. The molecule has 0 aliphatic heterocycles. The van der Waals surface area contributed by atoms with Gasteiger partial charge in [0.25, 0.3) is 0 Å². The first-order valence-corrected chi connectivity index (χ1v) is 11.8. The van der Waals surface area contributed by atoms with Crippen LogP contribution in [0.4, 0.5) is 0 Å². The summed E-state index contributed by atoms with van der Waals surface area (Å²) in [7, 11) is 0. The molecule has 0 saturated carbocycles. The molecular weight excluding hydrogens is 470 g/mol. The molecule has 0 aliphatic carbocycles. The maximum Gasteiger partial charge on any atom is 0.0110 e. The zero-order valence-electron chi connectivity index (χ0n) is 13.6. The highest BCUT2D eigenvalue weighted by Gasteiger charge is 2.03. The van der Waals surface area contributed by atoms with Gasteiger partial charge in [-0.3, -0.25) is 0 Å². The number of rotatable bonds is 16. The second kappa shape index (κ2) is 18.5. The Morgan fingerprint density at radius 1 is 0.600 bits per heavy atom. The van der Waals surface area contributed by atoms with Crippen LogP contribution in [-0.2, 0) is 0 Å². The van der Waals surface area contributed by atoms with Crippen LogP contribution in [0.3, 0.4) is 0 Å². The molecule has 122 valence electrons. The number of halogens is 2. The molecule has 0 aliphatic rings. The van der Waals surface area contributed by atoms with Gasteiger partial charge < -0.3 is 0 Å². The van der Waals surface area contributed by atoms with Gasteiger partial charge in [-0.25, -0.2) is 0 Å². The first-order chi connectivity index (χ1) is 9.81. The zero-order valence-corrected chi connectivity index (χ0v) is 18.0. The second-order valence-electron chi connectivity index (χ2n) is 6.11. The molecular formula is C18H36I2. The average Bonchev–Trinajstić information content (AvgIpc) is 2.45. The summed E-state index contributed by atoms with van der Waals surface area (Å²) < 4.78 is 2.28. The fourth-order valence-electron chi connectivity index (χ4n) is 2.63. The fourth-order valence-corrected chi connectivity index (χ4v) is 4.05. The molecule has 0 aromatic heterocycles. The van der Waals surface area contributed by atoms with Crippen molar-refractivity contribution in [2.75, 3.05) is 4.43 Å². The lowest BCUT2D eigenvalue weighted by Gasteiger charge is -2.09. The number of unbranched alkanes of at least 4 members (excludes halogenated alkanes) is 11. The van der Waals surface area contributed by atoms with Gasteiger partial charge in [0.1, 0.15) is 0 Å². The van der Waals surface area contributed by atoms with Crippen LogP contribution in [0, 0.1) is 0 Å². The van der Waals surface area contributed by atoms with E-state index in [0.717, 1.165) is 3.92 Å². The normalized spacial score (nSPS) is 12.8. The minimum absolute atomic E-state index is 0.941. The molecule has 0 aromatic carbocycles. The van der Waals surface area contributed by atoms with E-state index >= 15 is 0 Å². The molecule has 1 atom stereocenters. The molecule has 0 N–H and O–H groups in total.